The lowest BCUT2D eigenvalue weighted by atomic mass is 10.0. The topological polar surface area (TPSA) is 70.6 Å². The smallest absolute Gasteiger partial charge is 0.272 e. The molecule has 3 heterocycles. The van der Waals surface area contributed by atoms with Crippen molar-refractivity contribution in [3.05, 3.63) is 30.5 Å². The van der Waals surface area contributed by atoms with E-state index in [9.17, 15) is 4.79 Å². The molecule has 0 atom stereocenters. The van der Waals surface area contributed by atoms with Crippen LogP contribution in [0, 0.1) is 0 Å². The molecule has 0 unspecified atom stereocenters. The zero-order chi connectivity index (χ0) is 20.7. The van der Waals surface area contributed by atoms with E-state index in [-0.39, 0.29) is 11.9 Å². The van der Waals surface area contributed by atoms with Gasteiger partial charge in [0.2, 0.25) is 5.95 Å². The number of nitrogens with zero attached hydrogens (tertiary/aromatic N) is 4. The summed E-state index contributed by atoms with van der Waals surface area (Å²) >= 11 is 0. The Morgan fingerprint density at radius 3 is 2.47 bits per heavy atom. The number of nitrogens with one attached hydrogen (secondary N) is 1. The van der Waals surface area contributed by atoms with E-state index in [2.05, 4.69) is 39.5 Å². The third-order valence-corrected chi connectivity index (χ3v) is 6.35. The van der Waals surface area contributed by atoms with Gasteiger partial charge in [-0.3, -0.25) is 9.69 Å². The number of hydrogen-bond donors (Lipinski definition) is 1. The second kappa shape index (κ2) is 7.45. The Kier molecular flexibility index (Phi) is 4.76. The number of carbonyl (C=O) groups is 1. The molecule has 0 radical (unpaired) electrons. The summed E-state index contributed by atoms with van der Waals surface area (Å²) in [6.07, 6.45) is 8.50. The maximum Gasteiger partial charge on any atom is 0.272 e. The Hall–Kier alpha value is -2.83. The molecule has 158 valence electrons. The van der Waals surface area contributed by atoms with Gasteiger partial charge >= 0.3 is 0 Å². The summed E-state index contributed by atoms with van der Waals surface area (Å²) in [4.78, 5) is 26.5. The average molecular weight is 408 g/mol. The van der Waals surface area contributed by atoms with E-state index in [0.29, 0.717) is 17.5 Å². The van der Waals surface area contributed by atoms with E-state index in [1.54, 1.807) is 6.20 Å². The lowest BCUT2D eigenvalue weighted by Crippen LogP contribution is -2.55. The third-order valence-electron chi connectivity index (χ3n) is 6.35. The van der Waals surface area contributed by atoms with Crippen LogP contribution in [0.4, 0.5) is 23.1 Å². The van der Waals surface area contributed by atoms with E-state index < -0.39 is 5.60 Å². The highest BCUT2D eigenvalue weighted by atomic mass is 16.5. The quantitative estimate of drug-likeness (QED) is 0.816. The molecule has 1 aromatic heterocycles. The van der Waals surface area contributed by atoms with Crippen LogP contribution in [0.2, 0.25) is 0 Å². The first-order chi connectivity index (χ1) is 14.5. The summed E-state index contributed by atoms with van der Waals surface area (Å²) in [7, 11) is 0. The molecule has 7 nitrogen and oxygen atoms in total. The van der Waals surface area contributed by atoms with Crippen molar-refractivity contribution in [1.82, 2.24) is 9.97 Å². The van der Waals surface area contributed by atoms with E-state index >= 15 is 0 Å². The fraction of sp³-hybridized carbons (Fsp3) is 0.522. The molecular weight excluding hydrogens is 378 g/mol. The van der Waals surface area contributed by atoms with Gasteiger partial charge in [0, 0.05) is 30.5 Å². The van der Waals surface area contributed by atoms with E-state index in [1.807, 2.05) is 18.7 Å². The summed E-state index contributed by atoms with van der Waals surface area (Å²) in [5.74, 6) is 1.60. The lowest BCUT2D eigenvalue weighted by molar-refractivity contribution is -0.133. The Labute approximate surface area is 177 Å². The molecule has 1 aromatic carbocycles. The van der Waals surface area contributed by atoms with Crippen molar-refractivity contribution in [2.24, 2.45) is 0 Å². The predicted octanol–water partition coefficient (Wildman–Crippen LogP) is 4.27. The van der Waals surface area contributed by atoms with Crippen LogP contribution in [-0.4, -0.2) is 40.6 Å². The van der Waals surface area contributed by atoms with E-state index in [1.165, 1.54) is 18.5 Å². The first-order valence-electron chi connectivity index (χ1n) is 11.0. The van der Waals surface area contributed by atoms with Gasteiger partial charge in [0.25, 0.3) is 5.91 Å². The Morgan fingerprint density at radius 1 is 1.07 bits per heavy atom. The number of rotatable bonds is 4. The number of carbonyl (C=O) groups excluding carboxylic acids is 1. The van der Waals surface area contributed by atoms with Gasteiger partial charge in [0.15, 0.2) is 17.2 Å². The average Bonchev–Trinajstić information content (AvgIpc) is 3.44. The molecule has 3 aliphatic rings. The number of hydrogen-bond acceptors (Lipinski definition) is 6. The summed E-state index contributed by atoms with van der Waals surface area (Å²) in [6.45, 7) is 5.88. The second-order valence-electron chi connectivity index (χ2n) is 8.97. The number of fused-ring (bicyclic) bond motifs is 1. The van der Waals surface area contributed by atoms with Crippen LogP contribution in [0.1, 0.15) is 52.4 Å². The highest BCUT2D eigenvalue weighted by Gasteiger charge is 2.45. The van der Waals surface area contributed by atoms with Gasteiger partial charge in [-0.05, 0) is 63.8 Å². The van der Waals surface area contributed by atoms with Crippen LogP contribution in [0.15, 0.2) is 30.5 Å². The molecule has 1 aliphatic carbocycles. The molecular formula is C23H29N5O2. The minimum Gasteiger partial charge on any atom is -0.472 e. The van der Waals surface area contributed by atoms with Gasteiger partial charge in [-0.25, -0.2) is 4.98 Å². The minimum absolute atomic E-state index is 0.0264. The first-order valence-corrected chi connectivity index (χ1v) is 11.0. The normalized spacial score (nSPS) is 20.9. The minimum atomic E-state index is -0.903. The van der Waals surface area contributed by atoms with Crippen LogP contribution in [0.25, 0.3) is 0 Å². The summed E-state index contributed by atoms with van der Waals surface area (Å²) in [5, 5.41) is 3.28. The van der Waals surface area contributed by atoms with E-state index in [4.69, 9.17) is 9.72 Å². The van der Waals surface area contributed by atoms with Gasteiger partial charge in [-0.2, -0.15) is 4.98 Å². The van der Waals surface area contributed by atoms with Gasteiger partial charge < -0.3 is 15.0 Å². The van der Waals surface area contributed by atoms with Crippen LogP contribution >= 0.6 is 0 Å². The third kappa shape index (κ3) is 3.46. The Morgan fingerprint density at radius 2 is 1.77 bits per heavy atom. The molecule has 1 amide bonds. The van der Waals surface area contributed by atoms with Crippen molar-refractivity contribution < 1.29 is 9.53 Å². The SMILES string of the molecule is CC1(C)Oc2cnc(Nc3ccc(N4CCCC4)cc3)nc2N(C2CCCC2)C1=O. The molecule has 1 saturated heterocycles. The molecule has 7 heteroatoms. The fourth-order valence-corrected chi connectivity index (χ4v) is 4.73. The maximum absolute atomic E-state index is 13.1. The highest BCUT2D eigenvalue weighted by molar-refractivity contribution is 6.02. The molecule has 0 bridgehead atoms. The highest BCUT2D eigenvalue weighted by Crippen LogP contribution is 2.40. The number of aromatic nitrogens is 2. The monoisotopic (exact) mass is 407 g/mol. The van der Waals surface area contributed by atoms with Crippen molar-refractivity contribution in [2.75, 3.05) is 28.2 Å². The van der Waals surface area contributed by atoms with Gasteiger partial charge in [-0.1, -0.05) is 12.8 Å². The zero-order valence-electron chi connectivity index (χ0n) is 17.7. The van der Waals surface area contributed by atoms with Crippen LogP contribution < -0.4 is 19.9 Å². The number of amides is 1. The maximum atomic E-state index is 13.1. The van der Waals surface area contributed by atoms with Gasteiger partial charge in [-0.15, -0.1) is 0 Å². The molecule has 2 aromatic rings. The molecule has 2 fully saturated rings. The lowest BCUT2D eigenvalue weighted by Gasteiger charge is -2.40. The molecule has 0 spiro atoms. The number of ether oxygens (including phenoxy) is 1. The largest absolute Gasteiger partial charge is 0.472 e. The number of benzene rings is 1. The van der Waals surface area contributed by atoms with Gasteiger partial charge in [0.1, 0.15) is 0 Å². The molecule has 30 heavy (non-hydrogen) atoms. The predicted molar refractivity (Wildman–Crippen MR) is 118 cm³/mol. The molecule has 5 rings (SSSR count). The van der Waals surface area contributed by atoms with E-state index in [0.717, 1.165) is 44.5 Å². The fourth-order valence-electron chi connectivity index (χ4n) is 4.73. The van der Waals surface area contributed by atoms with Crippen LogP contribution in [0.5, 0.6) is 5.75 Å². The molecule has 2 aliphatic heterocycles. The van der Waals surface area contributed by atoms with Crippen molar-refractivity contribution in [3.8, 4) is 5.75 Å². The summed E-state index contributed by atoms with van der Waals surface area (Å²) < 4.78 is 5.95. The van der Waals surface area contributed by atoms with Gasteiger partial charge in [0.05, 0.1) is 6.20 Å². The van der Waals surface area contributed by atoms with Crippen molar-refractivity contribution in [2.45, 2.75) is 64.0 Å². The van der Waals surface area contributed by atoms with Crippen LogP contribution in [-0.2, 0) is 4.79 Å². The molecule has 1 N–H and O–H groups in total. The summed E-state index contributed by atoms with van der Waals surface area (Å²) in [6, 6.07) is 8.55. The Bertz CT molecular complexity index is 931. The first kappa shape index (κ1) is 19.2. The Balaban J connectivity index is 1.40. The zero-order valence-corrected chi connectivity index (χ0v) is 17.7. The number of anilines is 4. The standard InChI is InChI=1S/C23H29N5O2/c1-23(2)21(29)28(18-7-3-4-8-18)20-19(30-23)15-24-22(26-20)25-16-9-11-17(12-10-16)27-13-5-6-14-27/h9-12,15,18H,3-8,13-14H2,1-2H3,(H,24,25,26). The second-order valence-corrected chi connectivity index (χ2v) is 8.97. The molecule has 1 saturated carbocycles. The van der Waals surface area contributed by atoms with Crippen LogP contribution in [0.3, 0.4) is 0 Å². The summed E-state index contributed by atoms with van der Waals surface area (Å²) in [5.41, 5.74) is 1.27. The van der Waals surface area contributed by atoms with Crippen molar-refractivity contribution in [1.29, 1.82) is 0 Å². The van der Waals surface area contributed by atoms with Crippen molar-refractivity contribution >= 4 is 29.0 Å². The van der Waals surface area contributed by atoms with Crippen molar-refractivity contribution in [3.63, 3.8) is 0 Å².